The molecule has 0 saturated carbocycles. The first-order valence-electron chi connectivity index (χ1n) is 5.61. The van der Waals surface area contributed by atoms with Crippen LogP contribution in [0.3, 0.4) is 0 Å². The third kappa shape index (κ3) is 3.20. The highest BCUT2D eigenvalue weighted by atomic mass is 19.4. The third-order valence-corrected chi connectivity index (χ3v) is 2.66. The van der Waals surface area contributed by atoms with E-state index in [2.05, 4.69) is 4.98 Å². The van der Waals surface area contributed by atoms with Crippen molar-refractivity contribution >= 4 is 0 Å². The summed E-state index contributed by atoms with van der Waals surface area (Å²) in [6, 6.07) is 1.18. The minimum Gasteiger partial charge on any atom is -0.251 e. The molecule has 0 spiro atoms. The Kier molecular flexibility index (Phi) is 3.55. The fraction of sp³-hybridized carbons (Fsp3) is 0.615. The van der Waals surface area contributed by atoms with Crippen molar-refractivity contribution in [1.82, 2.24) is 4.98 Å². The lowest BCUT2D eigenvalue weighted by Crippen LogP contribution is -2.18. The van der Waals surface area contributed by atoms with Crippen molar-refractivity contribution in [3.8, 4) is 0 Å². The van der Waals surface area contributed by atoms with E-state index in [4.69, 9.17) is 0 Å². The average Bonchev–Trinajstić information content (AvgIpc) is 2.14. The van der Waals surface area contributed by atoms with Crippen LogP contribution in [0.2, 0.25) is 0 Å². The topological polar surface area (TPSA) is 12.9 Å². The summed E-state index contributed by atoms with van der Waals surface area (Å²) in [5.41, 5.74) is 0.467. The standard InChI is InChI=1S/C13H18F3N/c1-8(2)9-7-17-11(13(14,15)16)6-10(9)12(3,4)5/h6-8H,1-5H3. The van der Waals surface area contributed by atoms with Crippen LogP contribution in [-0.4, -0.2) is 4.98 Å². The second-order valence-electron chi connectivity index (χ2n) is 5.56. The van der Waals surface area contributed by atoms with Crippen molar-refractivity contribution < 1.29 is 13.2 Å². The SMILES string of the molecule is CC(C)c1cnc(C(F)(F)F)cc1C(C)(C)C. The summed E-state index contributed by atoms with van der Waals surface area (Å²) >= 11 is 0. The summed E-state index contributed by atoms with van der Waals surface area (Å²) in [5.74, 6) is 0.166. The molecule has 1 aromatic heterocycles. The van der Waals surface area contributed by atoms with E-state index in [0.29, 0.717) is 0 Å². The van der Waals surface area contributed by atoms with Gasteiger partial charge in [0.05, 0.1) is 0 Å². The van der Waals surface area contributed by atoms with Gasteiger partial charge in [0, 0.05) is 6.20 Å². The van der Waals surface area contributed by atoms with Crippen molar-refractivity contribution in [3.63, 3.8) is 0 Å². The molecular formula is C13H18F3N. The number of alkyl halides is 3. The Labute approximate surface area is 100 Å². The zero-order valence-corrected chi connectivity index (χ0v) is 10.8. The van der Waals surface area contributed by atoms with E-state index in [1.807, 2.05) is 34.6 Å². The molecule has 0 atom stereocenters. The molecule has 1 heterocycles. The van der Waals surface area contributed by atoms with Gasteiger partial charge in [-0.15, -0.1) is 0 Å². The molecule has 0 aliphatic rings. The molecule has 0 saturated heterocycles. The first-order chi connectivity index (χ1) is 7.53. The van der Waals surface area contributed by atoms with Gasteiger partial charge in [-0.25, -0.2) is 0 Å². The monoisotopic (exact) mass is 245 g/mol. The van der Waals surface area contributed by atoms with Crippen LogP contribution in [0.1, 0.15) is 57.4 Å². The molecule has 1 rings (SSSR count). The number of hydrogen-bond acceptors (Lipinski definition) is 1. The highest BCUT2D eigenvalue weighted by Gasteiger charge is 2.34. The van der Waals surface area contributed by atoms with Crippen LogP contribution in [0.5, 0.6) is 0 Å². The van der Waals surface area contributed by atoms with E-state index < -0.39 is 11.9 Å². The summed E-state index contributed by atoms with van der Waals surface area (Å²) in [7, 11) is 0. The van der Waals surface area contributed by atoms with Crippen LogP contribution in [0, 0.1) is 0 Å². The predicted molar refractivity (Wildman–Crippen MR) is 62.0 cm³/mol. The summed E-state index contributed by atoms with van der Waals surface area (Å²) in [4.78, 5) is 3.52. The van der Waals surface area contributed by atoms with Gasteiger partial charge in [-0.2, -0.15) is 13.2 Å². The molecule has 0 amide bonds. The maximum absolute atomic E-state index is 12.6. The Balaban J connectivity index is 3.41. The normalized spacial score (nSPS) is 13.2. The molecule has 0 bridgehead atoms. The van der Waals surface area contributed by atoms with E-state index in [1.165, 1.54) is 12.3 Å². The molecule has 17 heavy (non-hydrogen) atoms. The second-order valence-corrected chi connectivity index (χ2v) is 5.56. The first kappa shape index (κ1) is 14.0. The fourth-order valence-electron chi connectivity index (χ4n) is 1.73. The van der Waals surface area contributed by atoms with Crippen LogP contribution in [0.25, 0.3) is 0 Å². The molecular weight excluding hydrogens is 227 g/mol. The van der Waals surface area contributed by atoms with Gasteiger partial charge >= 0.3 is 6.18 Å². The Bertz CT molecular complexity index is 400. The molecule has 0 unspecified atom stereocenters. The Morgan fingerprint density at radius 3 is 2.00 bits per heavy atom. The molecule has 1 aromatic rings. The van der Waals surface area contributed by atoms with Gasteiger partial charge in [0.25, 0.3) is 0 Å². The second kappa shape index (κ2) is 4.31. The molecule has 0 aliphatic carbocycles. The van der Waals surface area contributed by atoms with Gasteiger partial charge in [-0.05, 0) is 28.5 Å². The summed E-state index contributed by atoms with van der Waals surface area (Å²) < 4.78 is 37.9. The van der Waals surface area contributed by atoms with Crippen LogP contribution in [0.4, 0.5) is 13.2 Å². The smallest absolute Gasteiger partial charge is 0.251 e. The predicted octanol–water partition coefficient (Wildman–Crippen LogP) is 4.52. The Hall–Kier alpha value is -1.06. The Morgan fingerprint density at radius 1 is 1.12 bits per heavy atom. The van der Waals surface area contributed by atoms with E-state index in [0.717, 1.165) is 11.1 Å². The van der Waals surface area contributed by atoms with E-state index in [1.54, 1.807) is 0 Å². The Morgan fingerprint density at radius 2 is 1.65 bits per heavy atom. The molecule has 0 radical (unpaired) electrons. The maximum Gasteiger partial charge on any atom is 0.433 e. The summed E-state index contributed by atoms with van der Waals surface area (Å²) in [6.45, 7) is 9.65. The lowest BCUT2D eigenvalue weighted by molar-refractivity contribution is -0.141. The molecule has 1 nitrogen and oxygen atoms in total. The molecule has 0 N–H and O–H groups in total. The maximum atomic E-state index is 12.6. The van der Waals surface area contributed by atoms with E-state index >= 15 is 0 Å². The fourth-order valence-corrected chi connectivity index (χ4v) is 1.73. The number of rotatable bonds is 1. The van der Waals surface area contributed by atoms with Crippen molar-refractivity contribution in [3.05, 3.63) is 29.1 Å². The summed E-state index contributed by atoms with van der Waals surface area (Å²) in [5, 5.41) is 0. The quantitative estimate of drug-likeness (QED) is 0.708. The number of aromatic nitrogens is 1. The van der Waals surface area contributed by atoms with Gasteiger partial charge in [-0.1, -0.05) is 34.6 Å². The van der Waals surface area contributed by atoms with Gasteiger partial charge in [0.1, 0.15) is 5.69 Å². The molecule has 0 aliphatic heterocycles. The minimum atomic E-state index is -4.38. The highest BCUT2D eigenvalue weighted by Crippen LogP contribution is 2.35. The summed E-state index contributed by atoms with van der Waals surface area (Å²) in [6.07, 6.45) is -3.02. The van der Waals surface area contributed by atoms with E-state index in [9.17, 15) is 13.2 Å². The van der Waals surface area contributed by atoms with Crippen molar-refractivity contribution in [2.75, 3.05) is 0 Å². The third-order valence-electron chi connectivity index (χ3n) is 2.66. The van der Waals surface area contributed by atoms with Crippen LogP contribution >= 0.6 is 0 Å². The lowest BCUT2D eigenvalue weighted by atomic mass is 9.81. The minimum absolute atomic E-state index is 0.166. The van der Waals surface area contributed by atoms with Gasteiger partial charge < -0.3 is 0 Å². The zero-order valence-electron chi connectivity index (χ0n) is 10.8. The van der Waals surface area contributed by atoms with Gasteiger partial charge in [-0.3, -0.25) is 4.98 Å². The largest absolute Gasteiger partial charge is 0.433 e. The van der Waals surface area contributed by atoms with E-state index in [-0.39, 0.29) is 11.3 Å². The first-order valence-corrected chi connectivity index (χ1v) is 5.61. The van der Waals surface area contributed by atoms with Crippen LogP contribution in [-0.2, 0) is 11.6 Å². The molecule has 0 aromatic carbocycles. The molecule has 96 valence electrons. The number of nitrogens with zero attached hydrogens (tertiary/aromatic N) is 1. The van der Waals surface area contributed by atoms with Gasteiger partial charge in [0.2, 0.25) is 0 Å². The van der Waals surface area contributed by atoms with Crippen molar-refractivity contribution in [1.29, 1.82) is 0 Å². The molecule has 4 heteroatoms. The number of halogens is 3. The number of hydrogen-bond donors (Lipinski definition) is 0. The highest BCUT2D eigenvalue weighted by molar-refractivity contribution is 5.35. The van der Waals surface area contributed by atoms with Crippen LogP contribution in [0.15, 0.2) is 12.3 Å². The van der Waals surface area contributed by atoms with Crippen LogP contribution < -0.4 is 0 Å². The molecule has 0 fully saturated rings. The average molecular weight is 245 g/mol. The number of pyridine rings is 1. The van der Waals surface area contributed by atoms with Crippen molar-refractivity contribution in [2.24, 2.45) is 0 Å². The lowest BCUT2D eigenvalue weighted by Gasteiger charge is -2.25. The zero-order chi connectivity index (χ0) is 13.4. The van der Waals surface area contributed by atoms with Gasteiger partial charge in [0.15, 0.2) is 0 Å². The van der Waals surface area contributed by atoms with Crippen molar-refractivity contribution in [2.45, 2.75) is 52.1 Å².